The summed E-state index contributed by atoms with van der Waals surface area (Å²) in [6.07, 6.45) is -0.733. The van der Waals surface area contributed by atoms with Gasteiger partial charge in [-0.15, -0.1) is 0 Å². The van der Waals surface area contributed by atoms with Gasteiger partial charge in [-0.25, -0.2) is 0 Å². The van der Waals surface area contributed by atoms with Gasteiger partial charge in [0.1, 0.15) is 11.7 Å². The van der Waals surface area contributed by atoms with Crippen LogP contribution in [0.25, 0.3) is 0 Å². The van der Waals surface area contributed by atoms with E-state index in [9.17, 15) is 9.59 Å². The van der Waals surface area contributed by atoms with Crippen molar-refractivity contribution in [1.29, 1.82) is 0 Å². The van der Waals surface area contributed by atoms with E-state index in [-0.39, 0.29) is 5.91 Å². The third-order valence-corrected chi connectivity index (χ3v) is 2.19. The number of hydrogen-bond acceptors (Lipinski definition) is 4. The van der Waals surface area contributed by atoms with Crippen LogP contribution in [0.15, 0.2) is 0 Å². The predicted molar refractivity (Wildman–Crippen MR) is 57.8 cm³/mol. The van der Waals surface area contributed by atoms with Gasteiger partial charge in [-0.05, 0) is 27.7 Å². The van der Waals surface area contributed by atoms with Crippen molar-refractivity contribution in [2.45, 2.75) is 39.4 Å². The first kappa shape index (κ1) is 13.0. The fourth-order valence-corrected chi connectivity index (χ4v) is 1.43. The molecule has 0 aromatic carbocycles. The molecule has 1 N–H and O–H groups in total. The van der Waals surface area contributed by atoms with Crippen LogP contribution in [0.5, 0.6) is 0 Å². The largest absolute Gasteiger partial charge is 0.460 e. The first-order valence-electron chi connectivity index (χ1n) is 5.43. The van der Waals surface area contributed by atoms with Crippen molar-refractivity contribution in [3.05, 3.63) is 0 Å². The predicted octanol–water partition coefficient (Wildman–Crippen LogP) is 0.479. The van der Waals surface area contributed by atoms with Crippen molar-refractivity contribution in [2.75, 3.05) is 13.2 Å². The lowest BCUT2D eigenvalue weighted by molar-refractivity contribution is -0.169. The molecule has 5 heteroatoms. The maximum Gasteiger partial charge on any atom is 0.312 e. The van der Waals surface area contributed by atoms with Crippen LogP contribution >= 0.6 is 0 Å². The molecule has 5 nitrogen and oxygen atoms in total. The van der Waals surface area contributed by atoms with Gasteiger partial charge in [-0.2, -0.15) is 0 Å². The summed E-state index contributed by atoms with van der Waals surface area (Å²) in [6, 6.07) is 0. The zero-order valence-electron chi connectivity index (χ0n) is 10.2. The number of morpholine rings is 1. The number of carbonyl (C=O) groups is 2. The third-order valence-electron chi connectivity index (χ3n) is 2.19. The van der Waals surface area contributed by atoms with Crippen LogP contribution in [-0.2, 0) is 19.1 Å². The fourth-order valence-electron chi connectivity index (χ4n) is 1.43. The SMILES string of the molecule is CC(C(=O)OC(C)(C)C)[C@H]1OCCNC1=O. The molecular formula is C11H19NO4. The number of amides is 1. The van der Waals surface area contributed by atoms with Crippen LogP contribution in [0.3, 0.4) is 0 Å². The van der Waals surface area contributed by atoms with E-state index < -0.39 is 23.6 Å². The summed E-state index contributed by atoms with van der Waals surface area (Å²) in [7, 11) is 0. The number of carbonyl (C=O) groups excluding carboxylic acids is 2. The molecule has 1 fully saturated rings. The van der Waals surface area contributed by atoms with E-state index in [1.54, 1.807) is 27.7 Å². The summed E-state index contributed by atoms with van der Waals surface area (Å²) in [5.74, 6) is -1.24. The highest BCUT2D eigenvalue weighted by molar-refractivity contribution is 5.87. The van der Waals surface area contributed by atoms with Crippen LogP contribution in [0.4, 0.5) is 0 Å². The molecule has 0 saturated carbocycles. The van der Waals surface area contributed by atoms with E-state index >= 15 is 0 Å². The molecular weight excluding hydrogens is 210 g/mol. The molecule has 1 saturated heterocycles. The molecule has 0 aliphatic carbocycles. The molecule has 0 aromatic rings. The second-order valence-electron chi connectivity index (χ2n) is 4.90. The lowest BCUT2D eigenvalue weighted by atomic mass is 10.0. The van der Waals surface area contributed by atoms with Crippen molar-refractivity contribution in [3.63, 3.8) is 0 Å². The van der Waals surface area contributed by atoms with Gasteiger partial charge >= 0.3 is 5.97 Å². The molecule has 1 aliphatic rings. The maximum atomic E-state index is 11.7. The molecule has 92 valence electrons. The molecule has 1 heterocycles. The van der Waals surface area contributed by atoms with Gasteiger partial charge in [-0.1, -0.05) is 0 Å². The monoisotopic (exact) mass is 229 g/mol. The molecule has 2 atom stereocenters. The molecule has 0 radical (unpaired) electrons. The smallest absolute Gasteiger partial charge is 0.312 e. The Balaban J connectivity index is 2.59. The Labute approximate surface area is 95.5 Å². The quantitative estimate of drug-likeness (QED) is 0.699. The van der Waals surface area contributed by atoms with Crippen LogP contribution in [0.1, 0.15) is 27.7 Å². The summed E-state index contributed by atoms with van der Waals surface area (Å²) in [5.41, 5.74) is -0.545. The average molecular weight is 229 g/mol. The summed E-state index contributed by atoms with van der Waals surface area (Å²) < 4.78 is 10.5. The molecule has 1 amide bonds. The number of nitrogens with one attached hydrogen (secondary N) is 1. The second kappa shape index (κ2) is 4.82. The molecule has 16 heavy (non-hydrogen) atoms. The van der Waals surface area contributed by atoms with Crippen molar-refractivity contribution in [2.24, 2.45) is 5.92 Å². The number of hydrogen-bond donors (Lipinski definition) is 1. The van der Waals surface area contributed by atoms with Crippen LogP contribution < -0.4 is 5.32 Å². The lowest BCUT2D eigenvalue weighted by Crippen LogP contribution is -2.49. The van der Waals surface area contributed by atoms with Gasteiger partial charge < -0.3 is 14.8 Å². The van der Waals surface area contributed by atoms with Gasteiger partial charge in [0.15, 0.2) is 0 Å². The number of rotatable bonds is 2. The number of ether oxygens (including phenoxy) is 2. The van der Waals surface area contributed by atoms with E-state index in [0.717, 1.165) is 0 Å². The molecule has 0 aromatic heterocycles. The fraction of sp³-hybridized carbons (Fsp3) is 0.818. The first-order chi connectivity index (χ1) is 7.31. The van der Waals surface area contributed by atoms with Gasteiger partial charge in [0, 0.05) is 6.54 Å². The molecule has 1 aliphatic heterocycles. The minimum atomic E-state index is -0.733. The normalized spacial score (nSPS) is 23.5. The minimum Gasteiger partial charge on any atom is -0.460 e. The minimum absolute atomic E-state index is 0.246. The summed E-state index contributed by atoms with van der Waals surface area (Å²) in [6.45, 7) is 7.95. The van der Waals surface area contributed by atoms with Crippen molar-refractivity contribution >= 4 is 11.9 Å². The van der Waals surface area contributed by atoms with Crippen LogP contribution in [0.2, 0.25) is 0 Å². The highest BCUT2D eigenvalue weighted by atomic mass is 16.6. The first-order valence-corrected chi connectivity index (χ1v) is 5.43. The van der Waals surface area contributed by atoms with Gasteiger partial charge in [0.05, 0.1) is 12.5 Å². The second-order valence-corrected chi connectivity index (χ2v) is 4.90. The summed E-state index contributed by atoms with van der Waals surface area (Å²) >= 11 is 0. The van der Waals surface area contributed by atoms with E-state index in [0.29, 0.717) is 13.2 Å². The van der Waals surface area contributed by atoms with Gasteiger partial charge in [0.2, 0.25) is 5.91 Å². The van der Waals surface area contributed by atoms with E-state index in [2.05, 4.69) is 5.32 Å². The average Bonchev–Trinajstić information content (AvgIpc) is 2.15. The van der Waals surface area contributed by atoms with E-state index in [1.165, 1.54) is 0 Å². The van der Waals surface area contributed by atoms with E-state index in [1.807, 2.05) is 0 Å². The Hall–Kier alpha value is -1.10. The zero-order chi connectivity index (χ0) is 12.3. The van der Waals surface area contributed by atoms with Crippen molar-refractivity contribution in [1.82, 2.24) is 5.32 Å². The zero-order valence-corrected chi connectivity index (χ0v) is 10.2. The van der Waals surface area contributed by atoms with Crippen molar-refractivity contribution in [3.8, 4) is 0 Å². The van der Waals surface area contributed by atoms with Gasteiger partial charge in [-0.3, -0.25) is 9.59 Å². The Morgan fingerprint density at radius 1 is 1.56 bits per heavy atom. The Morgan fingerprint density at radius 2 is 2.19 bits per heavy atom. The molecule has 1 rings (SSSR count). The highest BCUT2D eigenvalue weighted by Crippen LogP contribution is 2.16. The maximum absolute atomic E-state index is 11.7. The standard InChI is InChI=1S/C11H19NO4/c1-7(10(14)16-11(2,3)4)8-9(13)12-5-6-15-8/h7-8H,5-6H2,1-4H3,(H,12,13)/t7?,8-/m1/s1. The van der Waals surface area contributed by atoms with Crippen LogP contribution in [0, 0.1) is 5.92 Å². The highest BCUT2D eigenvalue weighted by Gasteiger charge is 2.35. The molecule has 0 bridgehead atoms. The Bertz CT molecular complexity index is 282. The third kappa shape index (κ3) is 3.48. The topological polar surface area (TPSA) is 64.6 Å². The lowest BCUT2D eigenvalue weighted by Gasteiger charge is -2.28. The van der Waals surface area contributed by atoms with Gasteiger partial charge in [0.25, 0.3) is 0 Å². The summed E-state index contributed by atoms with van der Waals surface area (Å²) in [5, 5.41) is 2.66. The molecule has 0 spiro atoms. The number of esters is 1. The molecule has 1 unspecified atom stereocenters. The Morgan fingerprint density at radius 3 is 2.69 bits per heavy atom. The Kier molecular flexibility index (Phi) is 3.91. The van der Waals surface area contributed by atoms with E-state index in [4.69, 9.17) is 9.47 Å². The van der Waals surface area contributed by atoms with Crippen molar-refractivity contribution < 1.29 is 19.1 Å². The summed E-state index contributed by atoms with van der Waals surface area (Å²) in [4.78, 5) is 23.2. The van der Waals surface area contributed by atoms with Crippen LogP contribution in [-0.4, -0.2) is 36.7 Å².